The molecule has 8 heteroatoms. The minimum Gasteiger partial charge on any atom is -0.478 e. The molecule has 22 heavy (non-hydrogen) atoms. The van der Waals surface area contributed by atoms with Gasteiger partial charge in [0.2, 0.25) is 5.78 Å². The number of hydrogen-bond donors (Lipinski definition) is 1. The third-order valence-electron chi connectivity index (χ3n) is 2.87. The molecule has 0 radical (unpaired) electrons. The fourth-order valence-corrected chi connectivity index (χ4v) is 2.20. The van der Waals surface area contributed by atoms with Crippen molar-refractivity contribution >= 4 is 35.0 Å². The number of hydrogen-bond acceptors (Lipinski definition) is 4. The summed E-state index contributed by atoms with van der Waals surface area (Å²) in [6.45, 7) is 2.42. The van der Waals surface area contributed by atoms with E-state index in [0.717, 1.165) is 0 Å². The monoisotopic (exact) mass is 342 g/mol. The van der Waals surface area contributed by atoms with Gasteiger partial charge in [0.25, 0.3) is 5.56 Å². The molecule has 1 aromatic heterocycles. The summed E-state index contributed by atoms with van der Waals surface area (Å²) >= 11 is 11.6. The molecule has 0 aliphatic carbocycles. The first-order valence-corrected chi connectivity index (χ1v) is 7.15. The average molecular weight is 343 g/mol. The highest BCUT2D eigenvalue weighted by molar-refractivity contribution is 6.35. The van der Waals surface area contributed by atoms with E-state index >= 15 is 0 Å². The normalized spacial score (nSPS) is 12.0. The third-order valence-corrected chi connectivity index (χ3v) is 3.46. The minimum atomic E-state index is -1.53. The number of aromatic nitrogens is 2. The standard InChI is InChI=1S/C14H12Cl2N2O4/c1-2-18-11(5-6-17-18)12(19)9-4-3-8(7-10(9)15)22-13(16)14(20)21/h3-7,13H,2H2,1H3,(H,20,21). The zero-order valence-electron chi connectivity index (χ0n) is 11.5. The van der Waals surface area contributed by atoms with Gasteiger partial charge in [-0.2, -0.15) is 5.10 Å². The topological polar surface area (TPSA) is 81.4 Å². The Kier molecular flexibility index (Phi) is 5.05. The van der Waals surface area contributed by atoms with Crippen LogP contribution >= 0.6 is 23.2 Å². The molecule has 1 N–H and O–H groups in total. The molecule has 0 saturated carbocycles. The van der Waals surface area contributed by atoms with Gasteiger partial charge < -0.3 is 9.84 Å². The fourth-order valence-electron chi connectivity index (χ4n) is 1.84. The first-order valence-electron chi connectivity index (χ1n) is 6.33. The molecule has 1 heterocycles. The van der Waals surface area contributed by atoms with Crippen LogP contribution in [0.1, 0.15) is 23.0 Å². The highest BCUT2D eigenvalue weighted by Crippen LogP contribution is 2.26. The van der Waals surface area contributed by atoms with Crippen LogP contribution in [0.25, 0.3) is 0 Å². The van der Waals surface area contributed by atoms with E-state index in [2.05, 4.69) is 5.10 Å². The molecule has 0 bridgehead atoms. The molecule has 0 amide bonds. The Labute approximate surface area is 136 Å². The molecule has 0 aliphatic rings. The second kappa shape index (κ2) is 6.81. The van der Waals surface area contributed by atoms with E-state index in [1.165, 1.54) is 24.4 Å². The summed E-state index contributed by atoms with van der Waals surface area (Å²) in [5.74, 6) is -1.44. The van der Waals surface area contributed by atoms with E-state index in [1.54, 1.807) is 10.7 Å². The number of aliphatic carboxylic acids is 1. The number of carbonyl (C=O) groups excluding carboxylic acids is 1. The second-order valence-electron chi connectivity index (χ2n) is 4.28. The van der Waals surface area contributed by atoms with Gasteiger partial charge >= 0.3 is 5.97 Å². The van der Waals surface area contributed by atoms with Gasteiger partial charge in [0.05, 0.1) is 5.02 Å². The van der Waals surface area contributed by atoms with E-state index in [9.17, 15) is 9.59 Å². The number of carbonyl (C=O) groups is 2. The van der Waals surface area contributed by atoms with Gasteiger partial charge in [0.1, 0.15) is 11.4 Å². The molecular formula is C14H12Cl2N2O4. The maximum Gasteiger partial charge on any atom is 0.360 e. The number of nitrogens with zero attached hydrogens (tertiary/aromatic N) is 2. The van der Waals surface area contributed by atoms with E-state index in [1.807, 2.05) is 6.92 Å². The van der Waals surface area contributed by atoms with Crippen molar-refractivity contribution in [2.24, 2.45) is 0 Å². The van der Waals surface area contributed by atoms with Crippen molar-refractivity contribution in [3.63, 3.8) is 0 Å². The van der Waals surface area contributed by atoms with E-state index in [4.69, 9.17) is 33.0 Å². The van der Waals surface area contributed by atoms with Crippen LogP contribution in [-0.2, 0) is 11.3 Å². The minimum absolute atomic E-state index is 0.139. The first kappa shape index (κ1) is 16.3. The van der Waals surface area contributed by atoms with Crippen LogP contribution in [0.2, 0.25) is 5.02 Å². The molecule has 1 atom stereocenters. The van der Waals surface area contributed by atoms with Gasteiger partial charge in [0, 0.05) is 18.3 Å². The zero-order chi connectivity index (χ0) is 16.3. The number of rotatable bonds is 6. The van der Waals surface area contributed by atoms with E-state index < -0.39 is 11.5 Å². The lowest BCUT2D eigenvalue weighted by Gasteiger charge is -2.10. The highest BCUT2D eigenvalue weighted by Gasteiger charge is 2.19. The van der Waals surface area contributed by atoms with E-state index in [-0.39, 0.29) is 22.1 Å². The predicted molar refractivity (Wildman–Crippen MR) is 80.7 cm³/mol. The molecule has 2 rings (SSSR count). The lowest BCUT2D eigenvalue weighted by atomic mass is 10.1. The van der Waals surface area contributed by atoms with E-state index in [0.29, 0.717) is 12.2 Å². The summed E-state index contributed by atoms with van der Waals surface area (Å²) in [5, 5.41) is 12.9. The quantitative estimate of drug-likeness (QED) is 0.644. The van der Waals surface area contributed by atoms with Crippen molar-refractivity contribution in [3.8, 4) is 5.75 Å². The SMILES string of the molecule is CCn1nccc1C(=O)c1ccc(OC(Cl)C(=O)O)cc1Cl. The summed E-state index contributed by atoms with van der Waals surface area (Å²) < 4.78 is 6.54. The summed E-state index contributed by atoms with van der Waals surface area (Å²) in [5.41, 5.74) is -0.844. The van der Waals surface area contributed by atoms with Crippen LogP contribution in [0.15, 0.2) is 30.5 Å². The number of halogens is 2. The average Bonchev–Trinajstić information content (AvgIpc) is 2.95. The Morgan fingerprint density at radius 3 is 2.73 bits per heavy atom. The van der Waals surface area contributed by atoms with Crippen molar-refractivity contribution < 1.29 is 19.4 Å². The molecule has 6 nitrogen and oxygen atoms in total. The molecule has 0 saturated heterocycles. The molecule has 2 aromatic rings. The third kappa shape index (κ3) is 3.40. The van der Waals surface area contributed by atoms with Gasteiger partial charge in [-0.1, -0.05) is 23.2 Å². The van der Waals surface area contributed by atoms with Gasteiger partial charge in [-0.25, -0.2) is 4.79 Å². The van der Waals surface area contributed by atoms with Crippen molar-refractivity contribution in [2.75, 3.05) is 0 Å². The predicted octanol–water partition coefficient (Wildman–Crippen LogP) is 2.82. The van der Waals surface area contributed by atoms with Gasteiger partial charge in [0.15, 0.2) is 0 Å². The fraction of sp³-hybridized carbons (Fsp3) is 0.214. The van der Waals surface area contributed by atoms with Crippen LogP contribution in [-0.4, -0.2) is 32.2 Å². The number of ether oxygens (including phenoxy) is 1. The van der Waals surface area contributed by atoms with Crippen molar-refractivity contribution in [1.82, 2.24) is 9.78 Å². The smallest absolute Gasteiger partial charge is 0.360 e. The zero-order valence-corrected chi connectivity index (χ0v) is 13.0. The number of carboxylic acid groups (broad SMARTS) is 1. The van der Waals surface area contributed by atoms with Crippen molar-refractivity contribution in [3.05, 3.63) is 46.7 Å². The maximum atomic E-state index is 12.4. The molecule has 0 aliphatic heterocycles. The van der Waals surface area contributed by atoms with Gasteiger partial charge in [-0.3, -0.25) is 9.48 Å². The van der Waals surface area contributed by atoms with Crippen LogP contribution in [0, 0.1) is 0 Å². The van der Waals surface area contributed by atoms with Crippen molar-refractivity contribution in [2.45, 2.75) is 19.0 Å². The molecule has 1 unspecified atom stereocenters. The largest absolute Gasteiger partial charge is 0.478 e. The number of alkyl halides is 1. The highest BCUT2D eigenvalue weighted by atomic mass is 35.5. The Hall–Kier alpha value is -2.05. The van der Waals surface area contributed by atoms with Crippen molar-refractivity contribution in [1.29, 1.82) is 0 Å². The Morgan fingerprint density at radius 2 is 2.14 bits per heavy atom. The van der Waals surface area contributed by atoms with Crippen LogP contribution in [0.3, 0.4) is 0 Å². The van der Waals surface area contributed by atoms with Crippen LogP contribution in [0.4, 0.5) is 0 Å². The first-order chi connectivity index (χ1) is 10.4. The number of benzene rings is 1. The number of carboxylic acids is 1. The second-order valence-corrected chi connectivity index (χ2v) is 5.08. The summed E-state index contributed by atoms with van der Waals surface area (Å²) in [4.78, 5) is 23.1. The van der Waals surface area contributed by atoms with Crippen LogP contribution in [0.5, 0.6) is 5.75 Å². The van der Waals surface area contributed by atoms with Crippen LogP contribution < -0.4 is 4.74 Å². The number of aryl methyl sites for hydroxylation is 1. The summed E-state index contributed by atoms with van der Waals surface area (Å²) in [6.07, 6.45) is 1.53. The Bertz CT molecular complexity index is 715. The molecule has 0 fully saturated rings. The number of ketones is 1. The van der Waals surface area contributed by atoms with Gasteiger partial charge in [-0.15, -0.1) is 0 Å². The molecule has 1 aromatic carbocycles. The lowest BCUT2D eigenvalue weighted by molar-refractivity contribution is -0.141. The summed E-state index contributed by atoms with van der Waals surface area (Å²) in [6, 6.07) is 5.84. The Balaban J connectivity index is 2.26. The maximum absolute atomic E-state index is 12.4. The van der Waals surface area contributed by atoms with Gasteiger partial charge in [-0.05, 0) is 31.2 Å². The summed E-state index contributed by atoms with van der Waals surface area (Å²) in [7, 11) is 0. The molecule has 0 spiro atoms. The Morgan fingerprint density at radius 1 is 1.41 bits per heavy atom. The molecular weight excluding hydrogens is 331 g/mol. The molecule has 116 valence electrons. The lowest BCUT2D eigenvalue weighted by Crippen LogP contribution is -2.20.